The molecule has 0 heterocycles. The molecule has 1 atom stereocenters. The number of para-hydroxylation sites is 1. The van der Waals surface area contributed by atoms with Crippen molar-refractivity contribution in [3.8, 4) is 6.07 Å². The topological polar surface area (TPSA) is 47.3 Å². The van der Waals surface area contributed by atoms with Crippen LogP contribution in [-0.4, -0.2) is 18.2 Å². The Labute approximate surface area is 101 Å². The van der Waals surface area contributed by atoms with Crippen molar-refractivity contribution in [1.82, 2.24) is 0 Å². The fraction of sp³-hybridized carbons (Fsp3) is 0.462. The van der Waals surface area contributed by atoms with Crippen molar-refractivity contribution >= 4 is 5.69 Å². The van der Waals surface area contributed by atoms with Crippen LogP contribution in [0.4, 0.5) is 10.1 Å². The summed E-state index contributed by atoms with van der Waals surface area (Å²) in [4.78, 5) is 1.78. The average molecular weight is 236 g/mol. The largest absolute Gasteiger partial charge is 0.389 e. The normalized spacial score (nSPS) is 11.9. The van der Waals surface area contributed by atoms with Crippen LogP contribution >= 0.6 is 0 Å². The van der Waals surface area contributed by atoms with E-state index in [0.29, 0.717) is 30.8 Å². The predicted octanol–water partition coefficient (Wildman–Crippen LogP) is 2.62. The molecule has 0 amide bonds. The first-order valence-electron chi connectivity index (χ1n) is 5.70. The SMILES string of the molecule is CCN(CCC#N)c1c(F)cccc1[C@@H](C)O. The van der Waals surface area contributed by atoms with Gasteiger partial charge in [0.15, 0.2) is 0 Å². The highest BCUT2D eigenvalue weighted by Crippen LogP contribution is 2.29. The number of hydrogen-bond acceptors (Lipinski definition) is 3. The van der Waals surface area contributed by atoms with Gasteiger partial charge in [-0.2, -0.15) is 5.26 Å². The monoisotopic (exact) mass is 236 g/mol. The number of aliphatic hydroxyl groups excluding tert-OH is 1. The number of hydrogen-bond donors (Lipinski definition) is 1. The highest BCUT2D eigenvalue weighted by Gasteiger charge is 2.17. The molecule has 0 aliphatic rings. The van der Waals surface area contributed by atoms with E-state index in [9.17, 15) is 9.50 Å². The van der Waals surface area contributed by atoms with Gasteiger partial charge in [-0.25, -0.2) is 4.39 Å². The van der Waals surface area contributed by atoms with Gasteiger partial charge >= 0.3 is 0 Å². The van der Waals surface area contributed by atoms with Gasteiger partial charge in [-0.3, -0.25) is 0 Å². The van der Waals surface area contributed by atoms with Crippen LogP contribution in [0.25, 0.3) is 0 Å². The molecule has 0 bridgehead atoms. The number of rotatable bonds is 5. The van der Waals surface area contributed by atoms with E-state index in [1.807, 2.05) is 13.0 Å². The van der Waals surface area contributed by atoms with Crippen molar-refractivity contribution in [1.29, 1.82) is 5.26 Å². The summed E-state index contributed by atoms with van der Waals surface area (Å²) in [6.45, 7) is 4.57. The molecule has 3 nitrogen and oxygen atoms in total. The molecule has 0 aliphatic carbocycles. The molecular weight excluding hydrogens is 219 g/mol. The molecule has 0 spiro atoms. The first-order valence-corrected chi connectivity index (χ1v) is 5.70. The standard InChI is InChI=1S/C13H17FN2O/c1-3-16(9-5-8-15)13-11(10(2)17)6-4-7-12(13)14/h4,6-7,10,17H,3,5,9H2,1-2H3/t10-/m1/s1. The van der Waals surface area contributed by atoms with Crippen molar-refractivity contribution in [2.45, 2.75) is 26.4 Å². The quantitative estimate of drug-likeness (QED) is 0.854. The maximum absolute atomic E-state index is 13.8. The van der Waals surface area contributed by atoms with Crippen LogP contribution in [0.15, 0.2) is 18.2 Å². The lowest BCUT2D eigenvalue weighted by Gasteiger charge is -2.26. The van der Waals surface area contributed by atoms with E-state index < -0.39 is 6.10 Å². The van der Waals surface area contributed by atoms with Crippen LogP contribution in [0.2, 0.25) is 0 Å². The number of halogens is 1. The third-order valence-electron chi connectivity index (χ3n) is 2.66. The minimum absolute atomic E-state index is 0.335. The second-order valence-electron chi connectivity index (χ2n) is 3.84. The lowest BCUT2D eigenvalue weighted by atomic mass is 10.1. The van der Waals surface area contributed by atoms with Gasteiger partial charge in [-0.05, 0) is 19.9 Å². The molecule has 1 aromatic carbocycles. The molecule has 0 saturated carbocycles. The van der Waals surface area contributed by atoms with Crippen LogP contribution in [-0.2, 0) is 0 Å². The maximum atomic E-state index is 13.8. The summed E-state index contributed by atoms with van der Waals surface area (Å²) < 4.78 is 13.8. The number of benzene rings is 1. The van der Waals surface area contributed by atoms with E-state index in [4.69, 9.17) is 5.26 Å². The Bertz CT molecular complexity index is 412. The minimum atomic E-state index is -0.725. The zero-order valence-corrected chi connectivity index (χ0v) is 10.2. The molecule has 1 N–H and O–H groups in total. The van der Waals surface area contributed by atoms with Crippen molar-refractivity contribution in [2.75, 3.05) is 18.0 Å². The van der Waals surface area contributed by atoms with Crippen molar-refractivity contribution in [3.05, 3.63) is 29.6 Å². The molecule has 0 saturated heterocycles. The van der Waals surface area contributed by atoms with Gasteiger partial charge in [0.05, 0.1) is 24.3 Å². The molecule has 1 aromatic rings. The second kappa shape index (κ2) is 6.21. The molecule has 0 fully saturated rings. The summed E-state index contributed by atoms with van der Waals surface area (Å²) in [5, 5.41) is 18.2. The third-order valence-corrected chi connectivity index (χ3v) is 2.66. The Balaban J connectivity index is 3.12. The molecular formula is C13H17FN2O. The molecule has 1 rings (SSSR count). The Hall–Kier alpha value is -1.60. The smallest absolute Gasteiger partial charge is 0.146 e. The molecule has 0 unspecified atom stereocenters. The summed E-state index contributed by atoms with van der Waals surface area (Å²) in [6, 6.07) is 6.70. The van der Waals surface area contributed by atoms with Crippen LogP contribution < -0.4 is 4.90 Å². The van der Waals surface area contributed by atoms with E-state index in [1.54, 1.807) is 24.0 Å². The van der Waals surface area contributed by atoms with Crippen LogP contribution in [0, 0.1) is 17.1 Å². The molecule has 4 heteroatoms. The molecule has 0 radical (unpaired) electrons. The Morgan fingerprint density at radius 3 is 2.76 bits per heavy atom. The van der Waals surface area contributed by atoms with Gasteiger partial charge in [0.1, 0.15) is 5.82 Å². The van der Waals surface area contributed by atoms with Crippen molar-refractivity contribution in [2.24, 2.45) is 0 Å². The van der Waals surface area contributed by atoms with Gasteiger partial charge < -0.3 is 10.0 Å². The fourth-order valence-corrected chi connectivity index (χ4v) is 1.82. The summed E-state index contributed by atoms with van der Waals surface area (Å²) >= 11 is 0. The summed E-state index contributed by atoms with van der Waals surface area (Å²) in [7, 11) is 0. The fourth-order valence-electron chi connectivity index (χ4n) is 1.82. The summed E-state index contributed by atoms with van der Waals surface area (Å²) in [5.41, 5.74) is 0.963. The number of nitriles is 1. The Kier molecular flexibility index (Phi) is 4.92. The van der Waals surface area contributed by atoms with Gasteiger partial charge in [-0.1, -0.05) is 12.1 Å². The van der Waals surface area contributed by atoms with E-state index >= 15 is 0 Å². The molecule has 0 aromatic heterocycles. The zero-order valence-electron chi connectivity index (χ0n) is 10.2. The summed E-state index contributed by atoms with van der Waals surface area (Å²) in [5.74, 6) is -0.358. The number of aliphatic hydroxyl groups is 1. The second-order valence-corrected chi connectivity index (χ2v) is 3.84. The van der Waals surface area contributed by atoms with Gasteiger partial charge in [-0.15, -0.1) is 0 Å². The Morgan fingerprint density at radius 1 is 1.53 bits per heavy atom. The molecule has 17 heavy (non-hydrogen) atoms. The first-order chi connectivity index (χ1) is 8.11. The van der Waals surface area contributed by atoms with Crippen LogP contribution in [0.1, 0.15) is 31.9 Å². The van der Waals surface area contributed by atoms with Gasteiger partial charge in [0, 0.05) is 18.7 Å². The highest BCUT2D eigenvalue weighted by molar-refractivity contribution is 5.55. The maximum Gasteiger partial charge on any atom is 0.146 e. The third kappa shape index (κ3) is 3.18. The summed E-state index contributed by atoms with van der Waals surface area (Å²) in [6.07, 6.45) is -0.390. The van der Waals surface area contributed by atoms with Gasteiger partial charge in [0.2, 0.25) is 0 Å². The Morgan fingerprint density at radius 2 is 2.24 bits per heavy atom. The highest BCUT2D eigenvalue weighted by atomic mass is 19.1. The molecule has 92 valence electrons. The van der Waals surface area contributed by atoms with E-state index in [2.05, 4.69) is 0 Å². The zero-order chi connectivity index (χ0) is 12.8. The predicted molar refractivity (Wildman–Crippen MR) is 65.2 cm³/mol. The lowest BCUT2D eigenvalue weighted by Crippen LogP contribution is -2.26. The van der Waals surface area contributed by atoms with E-state index in [0.717, 1.165) is 0 Å². The average Bonchev–Trinajstić information content (AvgIpc) is 2.31. The molecule has 0 aliphatic heterocycles. The van der Waals surface area contributed by atoms with E-state index in [-0.39, 0.29) is 5.82 Å². The lowest BCUT2D eigenvalue weighted by molar-refractivity contribution is 0.199. The first kappa shape index (κ1) is 13.5. The number of anilines is 1. The minimum Gasteiger partial charge on any atom is -0.389 e. The van der Waals surface area contributed by atoms with Crippen molar-refractivity contribution in [3.63, 3.8) is 0 Å². The van der Waals surface area contributed by atoms with Crippen LogP contribution in [0.3, 0.4) is 0 Å². The van der Waals surface area contributed by atoms with Crippen molar-refractivity contribution < 1.29 is 9.50 Å². The van der Waals surface area contributed by atoms with Crippen LogP contribution in [0.5, 0.6) is 0 Å². The number of nitrogens with zero attached hydrogens (tertiary/aromatic N) is 2. The van der Waals surface area contributed by atoms with Gasteiger partial charge in [0.25, 0.3) is 0 Å². The van der Waals surface area contributed by atoms with E-state index in [1.165, 1.54) is 6.07 Å².